The Balaban J connectivity index is 1.93. The number of likely N-dealkylation sites (tertiary alicyclic amines) is 1. The van der Waals surface area contributed by atoms with Crippen LogP contribution in [0.2, 0.25) is 0 Å². The number of rotatable bonds is 4. The lowest BCUT2D eigenvalue weighted by atomic mass is 9.92. The molecule has 1 amide bonds. The van der Waals surface area contributed by atoms with Crippen LogP contribution in [0.25, 0.3) is 0 Å². The van der Waals surface area contributed by atoms with Crippen LogP contribution >= 0.6 is 0 Å². The molecule has 128 valence electrons. The smallest absolute Gasteiger partial charge is 0.225 e. The molecule has 0 aromatic heterocycles. The number of aryl methyl sites for hydroxylation is 3. The summed E-state index contributed by atoms with van der Waals surface area (Å²) in [5, 5.41) is 3.73. The Hall–Kier alpha value is -1.35. The first-order valence-electron chi connectivity index (χ1n) is 8.88. The molecule has 2 rings (SSSR count). The van der Waals surface area contributed by atoms with Gasteiger partial charge in [-0.2, -0.15) is 0 Å². The summed E-state index contributed by atoms with van der Waals surface area (Å²) < 4.78 is 0. The van der Waals surface area contributed by atoms with Gasteiger partial charge in [-0.05, 0) is 55.4 Å². The maximum absolute atomic E-state index is 12.1. The van der Waals surface area contributed by atoms with E-state index >= 15 is 0 Å². The van der Waals surface area contributed by atoms with E-state index in [1.165, 1.54) is 22.3 Å². The first-order chi connectivity index (χ1) is 10.8. The van der Waals surface area contributed by atoms with Gasteiger partial charge in [-0.25, -0.2) is 0 Å². The van der Waals surface area contributed by atoms with E-state index in [4.69, 9.17) is 0 Å². The summed E-state index contributed by atoms with van der Waals surface area (Å²) in [5.74, 6) is 0.892. The number of hydrogen-bond acceptors (Lipinski definition) is 2. The summed E-state index contributed by atoms with van der Waals surface area (Å²) in [6.07, 6.45) is 1.05. The van der Waals surface area contributed by atoms with Crippen LogP contribution in [0.1, 0.15) is 49.4 Å². The fraction of sp³-hybridized carbons (Fsp3) is 0.650. The van der Waals surface area contributed by atoms with Crippen molar-refractivity contribution < 1.29 is 4.79 Å². The molecule has 1 aromatic carbocycles. The van der Waals surface area contributed by atoms with Gasteiger partial charge in [0.25, 0.3) is 0 Å². The minimum Gasteiger partial charge on any atom is -0.342 e. The summed E-state index contributed by atoms with van der Waals surface area (Å²) in [4.78, 5) is 14.2. The highest BCUT2D eigenvalue weighted by atomic mass is 16.2. The molecule has 0 unspecified atom stereocenters. The number of amides is 1. The summed E-state index contributed by atoms with van der Waals surface area (Å²) in [5.41, 5.74) is 5.47. The predicted octanol–water partition coefficient (Wildman–Crippen LogP) is 3.59. The molecule has 2 atom stereocenters. The van der Waals surface area contributed by atoms with Crippen molar-refractivity contribution in [1.82, 2.24) is 10.2 Å². The van der Waals surface area contributed by atoms with Crippen LogP contribution in [-0.2, 0) is 11.3 Å². The zero-order valence-corrected chi connectivity index (χ0v) is 15.6. The number of carbonyl (C=O) groups is 1. The Labute approximate surface area is 141 Å². The van der Waals surface area contributed by atoms with Crippen molar-refractivity contribution in [1.29, 1.82) is 0 Å². The van der Waals surface area contributed by atoms with Gasteiger partial charge in [-0.1, -0.05) is 32.9 Å². The highest BCUT2D eigenvalue weighted by Crippen LogP contribution is 2.20. The fourth-order valence-corrected chi connectivity index (χ4v) is 3.47. The Morgan fingerprint density at radius 3 is 2.48 bits per heavy atom. The van der Waals surface area contributed by atoms with Gasteiger partial charge in [0.15, 0.2) is 0 Å². The van der Waals surface area contributed by atoms with Crippen molar-refractivity contribution in [2.75, 3.05) is 13.1 Å². The van der Waals surface area contributed by atoms with E-state index in [-0.39, 0.29) is 5.92 Å². The third kappa shape index (κ3) is 4.35. The quantitative estimate of drug-likeness (QED) is 0.920. The molecule has 23 heavy (non-hydrogen) atoms. The van der Waals surface area contributed by atoms with Crippen LogP contribution in [0.3, 0.4) is 0 Å². The zero-order chi connectivity index (χ0) is 17.1. The van der Waals surface area contributed by atoms with E-state index in [1.807, 2.05) is 18.7 Å². The van der Waals surface area contributed by atoms with Crippen LogP contribution < -0.4 is 5.32 Å². The number of nitrogens with zero attached hydrogens (tertiary/aromatic N) is 1. The lowest BCUT2D eigenvalue weighted by Gasteiger charge is -2.38. The van der Waals surface area contributed by atoms with Gasteiger partial charge >= 0.3 is 0 Å². The molecular formula is C20H32N2O. The molecule has 1 aliphatic heterocycles. The van der Waals surface area contributed by atoms with Gasteiger partial charge < -0.3 is 10.2 Å². The van der Waals surface area contributed by atoms with Crippen LogP contribution in [0, 0.1) is 32.6 Å². The van der Waals surface area contributed by atoms with Crippen molar-refractivity contribution in [2.24, 2.45) is 11.8 Å². The average molecular weight is 316 g/mol. The third-order valence-electron chi connectivity index (χ3n) is 5.22. The molecule has 1 saturated heterocycles. The summed E-state index contributed by atoms with van der Waals surface area (Å²) in [6, 6.07) is 5.08. The second kappa shape index (κ2) is 7.48. The lowest BCUT2D eigenvalue weighted by Crippen LogP contribution is -2.50. The summed E-state index contributed by atoms with van der Waals surface area (Å²) in [6.45, 7) is 15.4. The second-order valence-corrected chi connectivity index (χ2v) is 7.56. The molecule has 0 aliphatic carbocycles. The molecule has 0 radical (unpaired) electrons. The Morgan fingerprint density at radius 2 is 1.87 bits per heavy atom. The Bertz CT molecular complexity index is 565. The first kappa shape index (κ1) is 18.0. The van der Waals surface area contributed by atoms with Gasteiger partial charge in [-0.3, -0.25) is 4.79 Å². The van der Waals surface area contributed by atoms with Crippen molar-refractivity contribution in [3.05, 3.63) is 34.4 Å². The van der Waals surface area contributed by atoms with Crippen LogP contribution in [0.5, 0.6) is 0 Å². The highest BCUT2D eigenvalue weighted by Gasteiger charge is 2.29. The Kier molecular flexibility index (Phi) is 5.85. The normalized spacial score (nSPS) is 21.8. The molecule has 1 heterocycles. The molecule has 1 aromatic rings. The number of piperidine rings is 1. The fourth-order valence-electron chi connectivity index (χ4n) is 3.47. The van der Waals surface area contributed by atoms with E-state index < -0.39 is 0 Å². The zero-order valence-electron chi connectivity index (χ0n) is 15.6. The van der Waals surface area contributed by atoms with E-state index in [1.54, 1.807) is 0 Å². The van der Waals surface area contributed by atoms with E-state index in [2.05, 4.69) is 45.1 Å². The predicted molar refractivity (Wildman–Crippen MR) is 96.5 cm³/mol. The number of carbonyl (C=O) groups excluding carboxylic acids is 1. The lowest BCUT2D eigenvalue weighted by molar-refractivity contribution is -0.136. The number of nitrogens with one attached hydrogen (secondary N) is 1. The van der Waals surface area contributed by atoms with Gasteiger partial charge in [0.2, 0.25) is 5.91 Å². The Morgan fingerprint density at radius 1 is 1.22 bits per heavy atom. The van der Waals surface area contributed by atoms with Crippen LogP contribution in [0.15, 0.2) is 12.1 Å². The molecule has 1 aliphatic rings. The van der Waals surface area contributed by atoms with Crippen molar-refractivity contribution in [3.63, 3.8) is 0 Å². The minimum absolute atomic E-state index is 0.102. The van der Waals surface area contributed by atoms with E-state index in [0.29, 0.717) is 17.9 Å². The second-order valence-electron chi connectivity index (χ2n) is 7.56. The van der Waals surface area contributed by atoms with Gasteiger partial charge in [0.1, 0.15) is 0 Å². The molecule has 1 N–H and O–H groups in total. The monoisotopic (exact) mass is 316 g/mol. The molecule has 3 heteroatoms. The van der Waals surface area contributed by atoms with Gasteiger partial charge in [-0.15, -0.1) is 0 Å². The topological polar surface area (TPSA) is 32.3 Å². The largest absolute Gasteiger partial charge is 0.342 e. The van der Waals surface area contributed by atoms with Crippen LogP contribution in [0.4, 0.5) is 0 Å². The number of hydrogen-bond donors (Lipinski definition) is 1. The van der Waals surface area contributed by atoms with E-state index in [9.17, 15) is 4.79 Å². The molecular weight excluding hydrogens is 284 g/mol. The number of benzene rings is 1. The SMILES string of the molecule is Cc1cc(C)c(CN[C@H]2CCN(C(=O)C(C)C)C[C@H]2C)cc1C. The van der Waals surface area contributed by atoms with Crippen LogP contribution in [-0.4, -0.2) is 29.9 Å². The first-order valence-corrected chi connectivity index (χ1v) is 8.88. The van der Waals surface area contributed by atoms with Crippen molar-refractivity contribution >= 4 is 5.91 Å². The molecule has 0 saturated carbocycles. The molecule has 0 spiro atoms. The molecule has 0 bridgehead atoms. The van der Waals surface area contributed by atoms with E-state index in [0.717, 1.165) is 26.1 Å². The average Bonchev–Trinajstić information content (AvgIpc) is 2.49. The third-order valence-corrected chi connectivity index (χ3v) is 5.22. The van der Waals surface area contributed by atoms with Gasteiger partial charge in [0.05, 0.1) is 0 Å². The molecule has 1 fully saturated rings. The maximum atomic E-state index is 12.1. The summed E-state index contributed by atoms with van der Waals surface area (Å²) in [7, 11) is 0. The van der Waals surface area contributed by atoms with Crippen molar-refractivity contribution in [2.45, 2.75) is 60.5 Å². The highest BCUT2D eigenvalue weighted by molar-refractivity contribution is 5.78. The minimum atomic E-state index is 0.102. The molecule has 3 nitrogen and oxygen atoms in total. The summed E-state index contributed by atoms with van der Waals surface area (Å²) >= 11 is 0. The van der Waals surface area contributed by atoms with Gasteiger partial charge in [0, 0.05) is 31.6 Å². The standard InChI is InChI=1S/C20H32N2O/c1-13(2)20(23)22-8-7-19(17(6)12-22)21-11-18-10-15(4)14(3)9-16(18)5/h9-10,13,17,19,21H,7-8,11-12H2,1-6H3/t17-,19+/m1/s1. The van der Waals surface area contributed by atoms with Crippen molar-refractivity contribution in [3.8, 4) is 0 Å². The maximum Gasteiger partial charge on any atom is 0.225 e.